The molecule has 0 aliphatic carbocycles. The van der Waals surface area contributed by atoms with Crippen molar-refractivity contribution in [1.82, 2.24) is 4.72 Å². The van der Waals surface area contributed by atoms with Gasteiger partial charge < -0.3 is 0 Å². The fourth-order valence-electron chi connectivity index (χ4n) is 1.98. The van der Waals surface area contributed by atoms with Crippen LogP contribution < -0.4 is 4.72 Å². The van der Waals surface area contributed by atoms with E-state index in [0.29, 0.717) is 17.9 Å². The molecule has 0 saturated heterocycles. The second-order valence-corrected chi connectivity index (χ2v) is 7.89. The summed E-state index contributed by atoms with van der Waals surface area (Å²) in [5.74, 6) is 1.38. The van der Waals surface area contributed by atoms with E-state index in [0.717, 1.165) is 5.75 Å². The molecule has 2 rings (SSSR count). The molecule has 1 N–H and O–H groups in total. The van der Waals surface area contributed by atoms with Crippen molar-refractivity contribution in [3.8, 4) is 0 Å². The number of sulfonamides is 1. The van der Waals surface area contributed by atoms with Crippen LogP contribution in [0.25, 0.3) is 0 Å². The first-order chi connectivity index (χ1) is 11.0. The molecule has 0 radical (unpaired) electrons. The Labute approximate surface area is 141 Å². The molecule has 0 spiro atoms. The van der Waals surface area contributed by atoms with E-state index < -0.39 is 10.0 Å². The summed E-state index contributed by atoms with van der Waals surface area (Å²) in [5, 5.41) is 0. The predicted octanol–water partition coefficient (Wildman–Crippen LogP) is 3.10. The zero-order chi connectivity index (χ0) is 16.7. The molecule has 0 aliphatic heterocycles. The van der Waals surface area contributed by atoms with Crippen LogP contribution in [0.5, 0.6) is 0 Å². The SMILES string of the molecule is CC(=O)c1cccc(S(=O)(=O)NCCSCc2ccccc2)c1. The summed E-state index contributed by atoms with van der Waals surface area (Å²) < 4.78 is 27.0. The number of nitrogens with one attached hydrogen (secondary N) is 1. The van der Waals surface area contributed by atoms with Crippen molar-refractivity contribution in [3.05, 3.63) is 65.7 Å². The van der Waals surface area contributed by atoms with Crippen molar-refractivity contribution >= 4 is 27.6 Å². The third kappa shape index (κ3) is 5.49. The molecule has 4 nitrogen and oxygen atoms in total. The summed E-state index contributed by atoms with van der Waals surface area (Å²) >= 11 is 1.67. The van der Waals surface area contributed by atoms with Crippen LogP contribution in [0.1, 0.15) is 22.8 Å². The first kappa shape index (κ1) is 17.7. The van der Waals surface area contributed by atoms with Gasteiger partial charge in [-0.15, -0.1) is 0 Å². The van der Waals surface area contributed by atoms with Gasteiger partial charge in [-0.05, 0) is 24.6 Å². The van der Waals surface area contributed by atoms with Crippen LogP contribution in [0, 0.1) is 0 Å². The Bertz CT molecular complexity index is 758. The second kappa shape index (κ2) is 8.29. The molecule has 6 heteroatoms. The van der Waals surface area contributed by atoms with E-state index in [2.05, 4.69) is 4.72 Å². The molecule has 0 saturated carbocycles. The summed E-state index contributed by atoms with van der Waals surface area (Å²) in [4.78, 5) is 11.5. The van der Waals surface area contributed by atoms with E-state index >= 15 is 0 Å². The lowest BCUT2D eigenvalue weighted by molar-refractivity contribution is 0.101. The van der Waals surface area contributed by atoms with Crippen molar-refractivity contribution in [3.63, 3.8) is 0 Å². The topological polar surface area (TPSA) is 63.2 Å². The highest BCUT2D eigenvalue weighted by atomic mass is 32.2. The second-order valence-electron chi connectivity index (χ2n) is 5.02. The van der Waals surface area contributed by atoms with E-state index in [-0.39, 0.29) is 10.7 Å². The van der Waals surface area contributed by atoms with Crippen LogP contribution >= 0.6 is 11.8 Å². The maximum Gasteiger partial charge on any atom is 0.240 e. The monoisotopic (exact) mass is 349 g/mol. The molecule has 23 heavy (non-hydrogen) atoms. The van der Waals surface area contributed by atoms with Crippen molar-refractivity contribution < 1.29 is 13.2 Å². The Morgan fingerprint density at radius 3 is 2.52 bits per heavy atom. The zero-order valence-corrected chi connectivity index (χ0v) is 14.5. The highest BCUT2D eigenvalue weighted by Crippen LogP contribution is 2.13. The number of Topliss-reactive ketones (excluding diaryl/α,β-unsaturated/α-hetero) is 1. The molecule has 0 aromatic heterocycles. The average Bonchev–Trinajstić information content (AvgIpc) is 2.55. The Morgan fingerprint density at radius 2 is 1.83 bits per heavy atom. The number of carbonyl (C=O) groups excluding carboxylic acids is 1. The molecule has 0 aliphatic rings. The quantitative estimate of drug-likeness (QED) is 0.587. The van der Waals surface area contributed by atoms with Gasteiger partial charge in [0.25, 0.3) is 0 Å². The fraction of sp³-hybridized carbons (Fsp3) is 0.235. The van der Waals surface area contributed by atoms with Gasteiger partial charge >= 0.3 is 0 Å². The summed E-state index contributed by atoms with van der Waals surface area (Å²) in [6, 6.07) is 16.1. The highest BCUT2D eigenvalue weighted by molar-refractivity contribution is 7.98. The zero-order valence-electron chi connectivity index (χ0n) is 12.9. The van der Waals surface area contributed by atoms with Crippen LogP contribution in [0.2, 0.25) is 0 Å². The number of ketones is 1. The minimum Gasteiger partial charge on any atom is -0.295 e. The Morgan fingerprint density at radius 1 is 1.09 bits per heavy atom. The lowest BCUT2D eigenvalue weighted by Gasteiger charge is -2.07. The number of carbonyl (C=O) groups is 1. The summed E-state index contributed by atoms with van der Waals surface area (Å²) in [6.07, 6.45) is 0. The maximum absolute atomic E-state index is 12.2. The molecule has 2 aromatic rings. The molecule has 0 atom stereocenters. The third-order valence-corrected chi connectivity index (χ3v) is 5.69. The molecule has 0 heterocycles. The molecule has 2 aromatic carbocycles. The van der Waals surface area contributed by atoms with Crippen molar-refractivity contribution in [2.45, 2.75) is 17.6 Å². The van der Waals surface area contributed by atoms with Crippen LogP contribution in [0.15, 0.2) is 59.5 Å². The Kier molecular flexibility index (Phi) is 6.38. The van der Waals surface area contributed by atoms with E-state index in [1.54, 1.807) is 23.9 Å². The van der Waals surface area contributed by atoms with Gasteiger partial charge in [-0.25, -0.2) is 13.1 Å². The van der Waals surface area contributed by atoms with Gasteiger partial charge in [0.2, 0.25) is 10.0 Å². The smallest absolute Gasteiger partial charge is 0.240 e. The van der Waals surface area contributed by atoms with Gasteiger partial charge in [0.05, 0.1) is 4.90 Å². The van der Waals surface area contributed by atoms with Crippen LogP contribution in [-0.2, 0) is 15.8 Å². The fourth-order valence-corrected chi connectivity index (χ4v) is 4.00. The highest BCUT2D eigenvalue weighted by Gasteiger charge is 2.14. The molecule has 0 unspecified atom stereocenters. The Balaban J connectivity index is 1.84. The van der Waals surface area contributed by atoms with E-state index in [1.165, 1.54) is 24.6 Å². The molecule has 0 amide bonds. The third-order valence-electron chi connectivity index (χ3n) is 3.20. The number of hydrogen-bond acceptors (Lipinski definition) is 4. The standard InChI is InChI=1S/C17H19NO3S2/c1-14(19)16-8-5-9-17(12-16)23(20,21)18-10-11-22-13-15-6-3-2-4-7-15/h2-9,12,18H,10-11,13H2,1H3. The summed E-state index contributed by atoms with van der Waals surface area (Å²) in [7, 11) is -3.58. The van der Waals surface area contributed by atoms with Crippen LogP contribution in [0.4, 0.5) is 0 Å². The molecule has 122 valence electrons. The number of hydrogen-bond donors (Lipinski definition) is 1. The first-order valence-electron chi connectivity index (χ1n) is 7.21. The molecular weight excluding hydrogens is 330 g/mol. The van der Waals surface area contributed by atoms with Crippen LogP contribution in [0.3, 0.4) is 0 Å². The van der Waals surface area contributed by atoms with Gasteiger partial charge in [-0.2, -0.15) is 11.8 Å². The van der Waals surface area contributed by atoms with Crippen molar-refractivity contribution in [1.29, 1.82) is 0 Å². The Hall–Kier alpha value is -1.63. The normalized spacial score (nSPS) is 11.3. The molecule has 0 bridgehead atoms. The van der Waals surface area contributed by atoms with Gasteiger partial charge in [-0.1, -0.05) is 42.5 Å². The van der Waals surface area contributed by atoms with Crippen molar-refractivity contribution in [2.75, 3.05) is 12.3 Å². The largest absolute Gasteiger partial charge is 0.295 e. The average molecular weight is 349 g/mol. The van der Waals surface area contributed by atoms with Gasteiger partial charge in [-0.3, -0.25) is 4.79 Å². The van der Waals surface area contributed by atoms with E-state index in [1.807, 2.05) is 30.3 Å². The maximum atomic E-state index is 12.2. The van der Waals surface area contributed by atoms with Crippen molar-refractivity contribution in [2.24, 2.45) is 0 Å². The first-order valence-corrected chi connectivity index (χ1v) is 9.85. The number of benzene rings is 2. The van der Waals surface area contributed by atoms with Crippen LogP contribution in [-0.4, -0.2) is 26.5 Å². The molecule has 0 fully saturated rings. The van der Waals surface area contributed by atoms with Gasteiger partial charge in [0.15, 0.2) is 5.78 Å². The minimum absolute atomic E-state index is 0.123. The lowest BCUT2D eigenvalue weighted by atomic mass is 10.2. The lowest BCUT2D eigenvalue weighted by Crippen LogP contribution is -2.26. The number of thioether (sulfide) groups is 1. The van der Waals surface area contributed by atoms with Gasteiger partial charge in [0.1, 0.15) is 0 Å². The summed E-state index contributed by atoms with van der Waals surface area (Å²) in [5.41, 5.74) is 1.61. The summed E-state index contributed by atoms with van der Waals surface area (Å²) in [6.45, 7) is 1.77. The van der Waals surface area contributed by atoms with E-state index in [9.17, 15) is 13.2 Å². The van der Waals surface area contributed by atoms with Gasteiger partial charge in [0, 0.05) is 23.6 Å². The molecular formula is C17H19NO3S2. The predicted molar refractivity (Wildman–Crippen MR) is 94.2 cm³/mol. The van der Waals surface area contributed by atoms with E-state index in [4.69, 9.17) is 0 Å². The minimum atomic E-state index is -3.58. The number of rotatable bonds is 8.